The lowest BCUT2D eigenvalue weighted by atomic mass is 10.1. The van der Waals surface area contributed by atoms with Crippen LogP contribution in [0.15, 0.2) is 24.3 Å². The lowest BCUT2D eigenvalue weighted by Gasteiger charge is -2.13. The van der Waals surface area contributed by atoms with Crippen LogP contribution in [0, 0.1) is 5.92 Å². The Morgan fingerprint density at radius 3 is 2.89 bits per heavy atom. The molecular weight excluding hydrogens is 276 g/mol. The van der Waals surface area contributed by atoms with E-state index in [1.807, 2.05) is 35.7 Å². The van der Waals surface area contributed by atoms with Crippen LogP contribution in [-0.2, 0) is 4.79 Å². The second-order valence-corrected chi connectivity index (χ2v) is 7.60. The molecule has 1 amide bonds. The van der Waals surface area contributed by atoms with Crippen molar-refractivity contribution >= 4 is 35.1 Å². The van der Waals surface area contributed by atoms with Crippen molar-refractivity contribution in [1.82, 2.24) is 5.32 Å². The highest BCUT2D eigenvalue weighted by molar-refractivity contribution is 8.19. The molecule has 2 N–H and O–H groups in total. The number of hydrogen-bond donors (Lipinski definition) is 2. The minimum atomic E-state index is 0.124. The first-order valence-electron chi connectivity index (χ1n) is 6.68. The van der Waals surface area contributed by atoms with Crippen LogP contribution in [0.4, 0.5) is 5.69 Å². The van der Waals surface area contributed by atoms with Gasteiger partial charge >= 0.3 is 0 Å². The molecule has 2 aliphatic heterocycles. The van der Waals surface area contributed by atoms with Crippen molar-refractivity contribution in [2.75, 3.05) is 29.9 Å². The molecule has 2 saturated heterocycles. The van der Waals surface area contributed by atoms with Gasteiger partial charge in [0.2, 0.25) is 5.91 Å². The number of carbonyl (C=O) groups is 1. The van der Waals surface area contributed by atoms with Crippen molar-refractivity contribution in [3.8, 4) is 0 Å². The van der Waals surface area contributed by atoms with Crippen LogP contribution < -0.4 is 10.6 Å². The third-order valence-corrected chi connectivity index (χ3v) is 6.58. The summed E-state index contributed by atoms with van der Waals surface area (Å²) in [5.41, 5.74) is 2.25. The van der Waals surface area contributed by atoms with Gasteiger partial charge in [0.25, 0.3) is 0 Å². The van der Waals surface area contributed by atoms with Crippen LogP contribution in [0.2, 0.25) is 0 Å². The van der Waals surface area contributed by atoms with Gasteiger partial charge in [0.1, 0.15) is 0 Å². The van der Waals surface area contributed by atoms with E-state index in [1.165, 1.54) is 17.1 Å². The van der Waals surface area contributed by atoms with Crippen molar-refractivity contribution in [2.45, 2.75) is 11.0 Å². The Hall–Kier alpha value is -0.650. The van der Waals surface area contributed by atoms with E-state index >= 15 is 0 Å². The van der Waals surface area contributed by atoms with Crippen molar-refractivity contribution in [3.63, 3.8) is 0 Å². The summed E-state index contributed by atoms with van der Waals surface area (Å²) in [5, 5.41) is 6.28. The van der Waals surface area contributed by atoms with E-state index in [-0.39, 0.29) is 11.8 Å². The summed E-state index contributed by atoms with van der Waals surface area (Å²) in [6.45, 7) is 1.76. The maximum Gasteiger partial charge on any atom is 0.228 e. The van der Waals surface area contributed by atoms with Crippen LogP contribution in [-0.4, -0.2) is 30.5 Å². The molecule has 0 aliphatic carbocycles. The highest BCUT2D eigenvalue weighted by Gasteiger charge is 2.23. The molecule has 1 aromatic rings. The predicted octanol–water partition coefficient (Wildman–Crippen LogP) is 2.71. The van der Waals surface area contributed by atoms with Crippen LogP contribution in [0.3, 0.4) is 0 Å². The Morgan fingerprint density at radius 1 is 1.32 bits per heavy atom. The van der Waals surface area contributed by atoms with Crippen LogP contribution in [0.1, 0.15) is 16.6 Å². The molecule has 3 rings (SSSR count). The van der Waals surface area contributed by atoms with Crippen molar-refractivity contribution < 1.29 is 4.79 Å². The maximum absolute atomic E-state index is 12.1. The summed E-state index contributed by atoms with van der Waals surface area (Å²) in [7, 11) is 0. The summed E-state index contributed by atoms with van der Waals surface area (Å²) in [6, 6.07) is 8.30. The lowest BCUT2D eigenvalue weighted by molar-refractivity contribution is -0.119. The van der Waals surface area contributed by atoms with E-state index < -0.39 is 0 Å². The van der Waals surface area contributed by atoms with E-state index in [0.717, 1.165) is 25.2 Å². The van der Waals surface area contributed by atoms with Gasteiger partial charge in [-0.1, -0.05) is 12.1 Å². The fraction of sp³-hybridized carbons (Fsp3) is 0.500. The van der Waals surface area contributed by atoms with Gasteiger partial charge in [-0.25, -0.2) is 0 Å². The third kappa shape index (κ3) is 3.27. The number of rotatable bonds is 3. The second kappa shape index (κ2) is 6.20. The number of anilines is 1. The predicted molar refractivity (Wildman–Crippen MR) is 83.7 cm³/mol. The van der Waals surface area contributed by atoms with Crippen molar-refractivity contribution in [3.05, 3.63) is 29.8 Å². The molecule has 2 heterocycles. The Kier molecular flexibility index (Phi) is 4.35. The fourth-order valence-electron chi connectivity index (χ4n) is 2.44. The molecule has 2 aliphatic rings. The number of benzene rings is 1. The van der Waals surface area contributed by atoms with Gasteiger partial charge in [-0.3, -0.25) is 4.79 Å². The highest BCUT2D eigenvalue weighted by atomic mass is 32.2. The summed E-state index contributed by atoms with van der Waals surface area (Å²) >= 11 is 3.98. The van der Waals surface area contributed by atoms with Gasteiger partial charge in [-0.2, -0.15) is 0 Å². The summed E-state index contributed by atoms with van der Waals surface area (Å²) in [5.74, 6) is 2.71. The van der Waals surface area contributed by atoms with Gasteiger partial charge in [-0.05, 0) is 30.7 Å². The molecule has 102 valence electrons. The van der Waals surface area contributed by atoms with Gasteiger partial charge < -0.3 is 10.6 Å². The molecule has 1 unspecified atom stereocenters. The lowest BCUT2D eigenvalue weighted by Crippen LogP contribution is -2.24. The molecular formula is C14H18N2OS2. The third-order valence-electron chi connectivity index (χ3n) is 3.48. The number of carbonyl (C=O) groups excluding carboxylic acids is 1. The van der Waals surface area contributed by atoms with Crippen LogP contribution in [0.25, 0.3) is 0 Å². The fourth-order valence-corrected chi connectivity index (χ4v) is 5.27. The van der Waals surface area contributed by atoms with Crippen LogP contribution >= 0.6 is 23.5 Å². The first kappa shape index (κ1) is 13.3. The SMILES string of the molecule is O=C(Nc1cccc(C2SCCS2)c1)C1CCNC1. The van der Waals surface area contributed by atoms with Gasteiger partial charge in [0.15, 0.2) is 0 Å². The first-order chi connectivity index (χ1) is 9.33. The number of hydrogen-bond acceptors (Lipinski definition) is 4. The minimum absolute atomic E-state index is 0.124. The van der Waals surface area contributed by atoms with E-state index in [4.69, 9.17) is 0 Å². The normalized spacial score (nSPS) is 23.7. The monoisotopic (exact) mass is 294 g/mol. The highest BCUT2D eigenvalue weighted by Crippen LogP contribution is 2.45. The molecule has 3 nitrogen and oxygen atoms in total. The van der Waals surface area contributed by atoms with Gasteiger partial charge in [0, 0.05) is 23.7 Å². The van der Waals surface area contributed by atoms with Gasteiger partial charge in [-0.15, -0.1) is 23.5 Å². The molecule has 5 heteroatoms. The van der Waals surface area contributed by atoms with Crippen molar-refractivity contribution in [2.24, 2.45) is 5.92 Å². The van der Waals surface area contributed by atoms with E-state index in [9.17, 15) is 4.79 Å². The molecule has 19 heavy (non-hydrogen) atoms. The van der Waals surface area contributed by atoms with Gasteiger partial charge in [0.05, 0.1) is 10.5 Å². The molecule has 0 aromatic heterocycles. The van der Waals surface area contributed by atoms with E-state index in [2.05, 4.69) is 22.8 Å². The summed E-state index contributed by atoms with van der Waals surface area (Å²) in [4.78, 5) is 12.1. The summed E-state index contributed by atoms with van der Waals surface area (Å²) in [6.07, 6.45) is 0.944. The quantitative estimate of drug-likeness (QED) is 0.899. The average Bonchev–Trinajstić information content (AvgIpc) is 3.13. The first-order valence-corrected chi connectivity index (χ1v) is 8.77. The maximum atomic E-state index is 12.1. The Labute approximate surface area is 122 Å². The number of thioether (sulfide) groups is 2. The topological polar surface area (TPSA) is 41.1 Å². The smallest absolute Gasteiger partial charge is 0.228 e. The molecule has 2 fully saturated rings. The molecule has 0 spiro atoms. The standard InChI is InChI=1S/C14H18N2OS2/c17-13(11-4-5-15-9-11)16-12-3-1-2-10(8-12)14-18-6-7-19-14/h1-3,8,11,14-15H,4-7,9H2,(H,16,17). The Morgan fingerprint density at radius 2 is 2.16 bits per heavy atom. The Balaban J connectivity index is 1.66. The Bertz CT molecular complexity index is 455. The van der Waals surface area contributed by atoms with Crippen molar-refractivity contribution in [1.29, 1.82) is 0 Å². The molecule has 0 radical (unpaired) electrons. The zero-order chi connectivity index (χ0) is 13.1. The zero-order valence-corrected chi connectivity index (χ0v) is 12.4. The average molecular weight is 294 g/mol. The minimum Gasteiger partial charge on any atom is -0.326 e. The molecule has 0 bridgehead atoms. The molecule has 1 aromatic carbocycles. The van der Waals surface area contributed by atoms with E-state index in [1.54, 1.807) is 0 Å². The van der Waals surface area contributed by atoms with E-state index in [0.29, 0.717) is 4.58 Å². The molecule has 1 atom stereocenters. The zero-order valence-electron chi connectivity index (χ0n) is 10.7. The van der Waals surface area contributed by atoms with Crippen LogP contribution in [0.5, 0.6) is 0 Å². The molecule has 0 saturated carbocycles. The second-order valence-electron chi connectivity index (χ2n) is 4.88. The number of nitrogens with one attached hydrogen (secondary N) is 2. The summed E-state index contributed by atoms with van der Waals surface area (Å²) < 4.78 is 0.532. The largest absolute Gasteiger partial charge is 0.326 e. The number of amides is 1.